The fraction of sp³-hybridized carbons (Fsp3) is 0.0952. The molecule has 0 fully saturated rings. The van der Waals surface area contributed by atoms with Crippen molar-refractivity contribution >= 4 is 38.9 Å². The Balaban J connectivity index is 1.78. The highest BCUT2D eigenvalue weighted by Gasteiger charge is 2.17. The van der Waals surface area contributed by atoms with Gasteiger partial charge in [-0.15, -0.1) is 0 Å². The zero-order chi connectivity index (χ0) is 21.0. The number of amides is 1. The third-order valence-corrected chi connectivity index (χ3v) is 5.73. The minimum absolute atomic E-state index is 0.0103. The van der Waals surface area contributed by atoms with E-state index in [0.717, 1.165) is 11.1 Å². The van der Waals surface area contributed by atoms with Crippen LogP contribution in [0, 0.1) is 6.92 Å². The summed E-state index contributed by atoms with van der Waals surface area (Å²) in [6, 6.07) is 17.4. The third kappa shape index (κ3) is 5.49. The molecule has 0 radical (unpaired) electrons. The summed E-state index contributed by atoms with van der Waals surface area (Å²) < 4.78 is 27.7. The normalized spacial score (nSPS) is 11.1. The monoisotopic (exact) mass is 430 g/mol. The van der Waals surface area contributed by atoms with Gasteiger partial charge in [-0.3, -0.25) is 9.52 Å². The molecular formula is C21H19ClN2O4S. The lowest BCUT2D eigenvalue weighted by molar-refractivity contribution is -0.115. The Morgan fingerprint density at radius 3 is 2.45 bits per heavy atom. The number of hydrogen-bond acceptors (Lipinski definition) is 4. The van der Waals surface area contributed by atoms with Crippen LogP contribution < -0.4 is 10.0 Å². The Morgan fingerprint density at radius 2 is 1.76 bits per heavy atom. The second-order valence-electron chi connectivity index (χ2n) is 6.51. The van der Waals surface area contributed by atoms with Crippen LogP contribution in [0.4, 0.5) is 11.4 Å². The molecule has 0 saturated heterocycles. The zero-order valence-electron chi connectivity index (χ0n) is 15.5. The number of hydrogen-bond donors (Lipinski definition) is 3. The number of nitrogens with one attached hydrogen (secondary N) is 2. The van der Waals surface area contributed by atoms with E-state index in [1.54, 1.807) is 18.2 Å². The van der Waals surface area contributed by atoms with Gasteiger partial charge in [0.2, 0.25) is 5.91 Å². The molecule has 0 aliphatic carbocycles. The van der Waals surface area contributed by atoms with Crippen LogP contribution in [0.1, 0.15) is 11.1 Å². The second-order valence-corrected chi connectivity index (χ2v) is 8.62. The Morgan fingerprint density at radius 1 is 1.03 bits per heavy atom. The van der Waals surface area contributed by atoms with Gasteiger partial charge in [0.15, 0.2) is 0 Å². The molecule has 0 saturated carbocycles. The van der Waals surface area contributed by atoms with Crippen molar-refractivity contribution in [1.82, 2.24) is 0 Å². The molecule has 0 heterocycles. The number of halogens is 1. The summed E-state index contributed by atoms with van der Waals surface area (Å²) >= 11 is 5.88. The first-order valence-corrected chi connectivity index (χ1v) is 10.6. The van der Waals surface area contributed by atoms with Gasteiger partial charge in [0.25, 0.3) is 10.0 Å². The zero-order valence-corrected chi connectivity index (χ0v) is 17.1. The fourth-order valence-electron chi connectivity index (χ4n) is 2.63. The van der Waals surface area contributed by atoms with E-state index in [-0.39, 0.29) is 28.7 Å². The second kappa shape index (κ2) is 8.55. The van der Waals surface area contributed by atoms with Crippen molar-refractivity contribution in [3.8, 4) is 5.75 Å². The number of phenols is 1. The number of aryl methyl sites for hydroxylation is 1. The van der Waals surface area contributed by atoms with E-state index in [0.29, 0.717) is 10.7 Å². The number of sulfonamides is 1. The maximum atomic E-state index is 12.6. The van der Waals surface area contributed by atoms with Crippen molar-refractivity contribution in [2.24, 2.45) is 0 Å². The molecule has 0 aliphatic heterocycles. The number of carbonyl (C=O) groups is 1. The van der Waals surface area contributed by atoms with Crippen molar-refractivity contribution in [2.45, 2.75) is 18.2 Å². The van der Waals surface area contributed by atoms with Crippen LogP contribution in [0.3, 0.4) is 0 Å². The fourth-order valence-corrected chi connectivity index (χ4v) is 3.90. The van der Waals surface area contributed by atoms with Gasteiger partial charge >= 0.3 is 0 Å². The first kappa shape index (κ1) is 20.7. The number of benzene rings is 3. The lowest BCUT2D eigenvalue weighted by Gasteiger charge is -2.12. The summed E-state index contributed by atoms with van der Waals surface area (Å²) in [6.07, 6.45) is 0.0947. The summed E-state index contributed by atoms with van der Waals surface area (Å²) in [5, 5.41) is 13.0. The molecular weight excluding hydrogens is 412 g/mol. The number of carbonyl (C=O) groups excluding carboxylic acids is 1. The van der Waals surface area contributed by atoms with Gasteiger partial charge < -0.3 is 10.4 Å². The molecule has 3 N–H and O–H groups in total. The van der Waals surface area contributed by atoms with Crippen LogP contribution >= 0.6 is 11.6 Å². The molecule has 8 heteroatoms. The number of rotatable bonds is 6. The van der Waals surface area contributed by atoms with E-state index in [9.17, 15) is 18.3 Å². The third-order valence-electron chi connectivity index (χ3n) is 4.11. The average Bonchev–Trinajstić information content (AvgIpc) is 2.65. The predicted molar refractivity (Wildman–Crippen MR) is 114 cm³/mol. The van der Waals surface area contributed by atoms with Gasteiger partial charge in [-0.05, 0) is 48.9 Å². The molecule has 0 aromatic heterocycles. The van der Waals surface area contributed by atoms with Gasteiger partial charge in [-0.25, -0.2) is 8.42 Å². The molecule has 0 bridgehead atoms. The quantitative estimate of drug-likeness (QED) is 0.507. The molecule has 150 valence electrons. The maximum Gasteiger partial charge on any atom is 0.261 e. The van der Waals surface area contributed by atoms with E-state index in [1.807, 2.05) is 31.2 Å². The standard InChI is InChI=1S/C21H19ClN2O4S/c1-14-5-7-15(8-6-14)11-21(26)23-19-13-18(9-10-20(19)25)29(27,28)24-17-4-2-3-16(22)12-17/h2-10,12-13,24-25H,11H2,1H3,(H,23,26). The molecule has 0 unspecified atom stereocenters. The van der Waals surface area contributed by atoms with Crippen LogP contribution in [-0.4, -0.2) is 19.4 Å². The molecule has 0 spiro atoms. The molecule has 3 aromatic rings. The van der Waals surface area contributed by atoms with Crippen molar-refractivity contribution in [3.63, 3.8) is 0 Å². The summed E-state index contributed by atoms with van der Waals surface area (Å²) in [7, 11) is -3.94. The predicted octanol–water partition coefficient (Wildman–Crippen LogP) is 4.34. The molecule has 0 atom stereocenters. The summed E-state index contributed by atoms with van der Waals surface area (Å²) in [5.41, 5.74) is 2.20. The van der Waals surface area contributed by atoms with Gasteiger partial charge in [-0.2, -0.15) is 0 Å². The Bertz CT molecular complexity index is 1150. The van der Waals surface area contributed by atoms with E-state index < -0.39 is 10.0 Å². The van der Waals surface area contributed by atoms with Crippen LogP contribution in [0.15, 0.2) is 71.6 Å². The first-order valence-electron chi connectivity index (χ1n) is 8.70. The summed E-state index contributed by atoms with van der Waals surface area (Å²) in [4.78, 5) is 12.2. The lowest BCUT2D eigenvalue weighted by Crippen LogP contribution is -2.16. The van der Waals surface area contributed by atoms with Crippen molar-refractivity contribution in [1.29, 1.82) is 0 Å². The van der Waals surface area contributed by atoms with Crippen LogP contribution in [0.25, 0.3) is 0 Å². The molecule has 0 aliphatic rings. The smallest absolute Gasteiger partial charge is 0.261 e. The summed E-state index contributed by atoms with van der Waals surface area (Å²) in [5.74, 6) is -0.606. The Hall–Kier alpha value is -3.03. The van der Waals surface area contributed by atoms with Gasteiger partial charge in [0, 0.05) is 5.02 Å². The van der Waals surface area contributed by atoms with Crippen molar-refractivity contribution in [3.05, 3.63) is 82.9 Å². The van der Waals surface area contributed by atoms with Crippen LogP contribution in [0.2, 0.25) is 5.02 Å². The molecule has 3 rings (SSSR count). The van der Waals surface area contributed by atoms with Crippen molar-refractivity contribution < 1.29 is 18.3 Å². The van der Waals surface area contributed by atoms with Gasteiger partial charge in [-0.1, -0.05) is 47.5 Å². The molecule has 3 aromatic carbocycles. The highest BCUT2D eigenvalue weighted by atomic mass is 35.5. The van der Waals surface area contributed by atoms with E-state index in [4.69, 9.17) is 11.6 Å². The summed E-state index contributed by atoms with van der Waals surface area (Å²) in [6.45, 7) is 1.95. The average molecular weight is 431 g/mol. The lowest BCUT2D eigenvalue weighted by atomic mass is 10.1. The molecule has 29 heavy (non-hydrogen) atoms. The highest BCUT2D eigenvalue weighted by Crippen LogP contribution is 2.28. The molecule has 1 amide bonds. The first-order chi connectivity index (χ1) is 13.7. The SMILES string of the molecule is Cc1ccc(CC(=O)Nc2cc(S(=O)(=O)Nc3cccc(Cl)c3)ccc2O)cc1. The van der Waals surface area contributed by atoms with E-state index >= 15 is 0 Å². The van der Waals surface area contributed by atoms with Crippen LogP contribution in [0.5, 0.6) is 5.75 Å². The number of phenolic OH excluding ortho intramolecular Hbond substituents is 1. The minimum Gasteiger partial charge on any atom is -0.506 e. The molecule has 6 nitrogen and oxygen atoms in total. The number of anilines is 2. The highest BCUT2D eigenvalue weighted by molar-refractivity contribution is 7.92. The Kier molecular flexibility index (Phi) is 6.10. The maximum absolute atomic E-state index is 12.6. The Labute approximate surface area is 174 Å². The van der Waals surface area contributed by atoms with Gasteiger partial charge in [0.05, 0.1) is 22.7 Å². The van der Waals surface area contributed by atoms with E-state index in [2.05, 4.69) is 10.0 Å². The topological polar surface area (TPSA) is 95.5 Å². The van der Waals surface area contributed by atoms with Crippen molar-refractivity contribution in [2.75, 3.05) is 10.0 Å². The number of aromatic hydroxyl groups is 1. The van der Waals surface area contributed by atoms with E-state index in [1.165, 1.54) is 24.3 Å². The van der Waals surface area contributed by atoms with Crippen LogP contribution in [-0.2, 0) is 21.2 Å². The minimum atomic E-state index is -3.94. The largest absolute Gasteiger partial charge is 0.506 e. The van der Waals surface area contributed by atoms with Gasteiger partial charge in [0.1, 0.15) is 5.75 Å².